The second-order valence-corrected chi connectivity index (χ2v) is 10.7. The first-order valence-electron chi connectivity index (χ1n) is 12.8. The second kappa shape index (κ2) is 10.7. The van der Waals surface area contributed by atoms with Gasteiger partial charge in [-0.25, -0.2) is 4.79 Å². The van der Waals surface area contributed by atoms with E-state index >= 15 is 0 Å². The maximum absolute atomic E-state index is 13.7. The van der Waals surface area contributed by atoms with Crippen LogP contribution >= 0.6 is 11.6 Å². The molecule has 192 valence electrons. The van der Waals surface area contributed by atoms with Crippen molar-refractivity contribution in [2.24, 2.45) is 5.92 Å². The van der Waals surface area contributed by atoms with E-state index in [4.69, 9.17) is 16.3 Å². The molecule has 6 nitrogen and oxygen atoms in total. The van der Waals surface area contributed by atoms with Crippen molar-refractivity contribution in [2.75, 3.05) is 26.2 Å². The predicted molar refractivity (Wildman–Crippen MR) is 142 cm³/mol. The van der Waals surface area contributed by atoms with Crippen LogP contribution in [0.25, 0.3) is 0 Å². The smallest absolute Gasteiger partial charge is 0.348 e. The summed E-state index contributed by atoms with van der Waals surface area (Å²) >= 11 is 6.06. The van der Waals surface area contributed by atoms with Crippen LogP contribution in [0, 0.1) is 5.92 Å². The topological polar surface area (TPSA) is 75.6 Å². The maximum Gasteiger partial charge on any atom is 0.348 e. The molecule has 1 unspecified atom stereocenters. The Bertz CT molecular complexity index is 1200. The van der Waals surface area contributed by atoms with Gasteiger partial charge in [0.2, 0.25) is 5.60 Å². The molecule has 0 radical (unpaired) electrons. The zero-order valence-corrected chi connectivity index (χ0v) is 21.4. The van der Waals surface area contributed by atoms with Gasteiger partial charge in [-0.3, -0.25) is 4.79 Å². The maximum atomic E-state index is 13.7. The molecule has 37 heavy (non-hydrogen) atoms. The number of rotatable bonds is 8. The number of fused-ring (bicyclic) bond motifs is 3. The summed E-state index contributed by atoms with van der Waals surface area (Å²) < 4.78 is 6.69. The van der Waals surface area contributed by atoms with Gasteiger partial charge in [0.05, 0.1) is 13.1 Å². The van der Waals surface area contributed by atoms with Gasteiger partial charge in [-0.15, -0.1) is 0 Å². The van der Waals surface area contributed by atoms with E-state index in [0.717, 1.165) is 31.5 Å². The Kier molecular flexibility index (Phi) is 7.33. The second-order valence-electron chi connectivity index (χ2n) is 10.3. The number of ether oxygens (including phenoxy) is 1. The number of hydrogen-bond acceptors (Lipinski definition) is 4. The summed E-state index contributed by atoms with van der Waals surface area (Å²) in [7, 11) is 0. The van der Waals surface area contributed by atoms with Crippen molar-refractivity contribution >= 4 is 23.5 Å². The van der Waals surface area contributed by atoms with Gasteiger partial charge in [0, 0.05) is 30.3 Å². The number of carbonyl (C=O) groups is 2. The van der Waals surface area contributed by atoms with E-state index in [1.807, 2.05) is 30.3 Å². The van der Waals surface area contributed by atoms with Crippen LogP contribution in [-0.2, 0) is 26.5 Å². The highest BCUT2D eigenvalue weighted by Crippen LogP contribution is 2.38. The summed E-state index contributed by atoms with van der Waals surface area (Å²) in [6.45, 7) is 3.08. The molecule has 1 amide bonds. The molecule has 7 heteroatoms. The van der Waals surface area contributed by atoms with Gasteiger partial charge < -0.3 is 19.6 Å². The first-order valence-corrected chi connectivity index (χ1v) is 13.2. The van der Waals surface area contributed by atoms with Crippen molar-refractivity contribution in [2.45, 2.75) is 31.1 Å². The molecular weight excluding hydrogens is 488 g/mol. The third-order valence-electron chi connectivity index (χ3n) is 7.84. The SMILES string of the molecule is O=C(C[N+]12CCC(CC1)C(OC(=O)C(O)(c1ccccc1)c1ccccc1)C2)NCc1cccc(Cl)c1. The molecule has 0 spiro atoms. The number of halogens is 1. The molecule has 6 rings (SSSR count). The normalized spacial score (nSPS) is 22.9. The van der Waals surface area contributed by atoms with E-state index in [-0.39, 0.29) is 17.9 Å². The zero-order valence-electron chi connectivity index (χ0n) is 20.7. The Labute approximate surface area is 222 Å². The van der Waals surface area contributed by atoms with E-state index in [2.05, 4.69) is 5.32 Å². The monoisotopic (exact) mass is 519 g/mol. The number of nitrogens with zero attached hydrogens (tertiary/aromatic N) is 1. The van der Waals surface area contributed by atoms with Gasteiger partial charge >= 0.3 is 5.97 Å². The predicted octanol–water partition coefficient (Wildman–Crippen LogP) is 4.04. The number of aliphatic hydroxyl groups is 1. The van der Waals surface area contributed by atoms with E-state index in [0.29, 0.717) is 40.3 Å². The fourth-order valence-corrected chi connectivity index (χ4v) is 5.98. The van der Waals surface area contributed by atoms with Gasteiger partial charge in [0.15, 0.2) is 12.6 Å². The molecule has 0 aliphatic carbocycles. The van der Waals surface area contributed by atoms with E-state index in [9.17, 15) is 14.7 Å². The number of quaternary nitrogens is 1. The summed E-state index contributed by atoms with van der Waals surface area (Å²) in [6, 6.07) is 25.3. The Morgan fingerprint density at radius 2 is 1.57 bits per heavy atom. The van der Waals surface area contributed by atoms with Gasteiger partial charge in [0.1, 0.15) is 6.54 Å². The van der Waals surface area contributed by atoms with E-state index in [1.165, 1.54) is 0 Å². The Morgan fingerprint density at radius 1 is 0.946 bits per heavy atom. The molecule has 3 aromatic carbocycles. The molecule has 3 aromatic rings. The Morgan fingerprint density at radius 3 is 2.16 bits per heavy atom. The lowest BCUT2D eigenvalue weighted by Gasteiger charge is -2.51. The lowest BCUT2D eigenvalue weighted by molar-refractivity contribution is -0.939. The Hall–Kier alpha value is -3.19. The number of benzene rings is 3. The summed E-state index contributed by atoms with van der Waals surface area (Å²) in [4.78, 5) is 26.6. The van der Waals surface area contributed by atoms with Crippen molar-refractivity contribution < 1.29 is 23.9 Å². The minimum atomic E-state index is -1.91. The number of piperidine rings is 3. The molecule has 3 fully saturated rings. The summed E-state index contributed by atoms with van der Waals surface area (Å²) in [5, 5.41) is 15.4. The van der Waals surface area contributed by atoms with Gasteiger partial charge in [0.25, 0.3) is 5.91 Å². The first kappa shape index (κ1) is 25.5. The van der Waals surface area contributed by atoms with Crippen LogP contribution in [-0.4, -0.2) is 53.7 Å². The third-order valence-corrected chi connectivity index (χ3v) is 8.07. The number of nitrogens with one attached hydrogen (secondary N) is 1. The number of amides is 1. The van der Waals surface area contributed by atoms with Crippen molar-refractivity contribution in [3.63, 3.8) is 0 Å². The van der Waals surface area contributed by atoms with Gasteiger partial charge in [-0.2, -0.15) is 0 Å². The lowest BCUT2D eigenvalue weighted by atomic mass is 9.82. The zero-order chi connectivity index (χ0) is 25.9. The minimum Gasteiger partial charge on any atom is -0.453 e. The van der Waals surface area contributed by atoms with Crippen molar-refractivity contribution in [1.29, 1.82) is 0 Å². The average molecular weight is 520 g/mol. The van der Waals surface area contributed by atoms with Gasteiger partial charge in [-0.1, -0.05) is 84.4 Å². The quantitative estimate of drug-likeness (QED) is 0.348. The van der Waals surface area contributed by atoms with Gasteiger partial charge in [-0.05, 0) is 28.8 Å². The van der Waals surface area contributed by atoms with Crippen molar-refractivity contribution in [1.82, 2.24) is 5.32 Å². The largest absolute Gasteiger partial charge is 0.453 e. The van der Waals surface area contributed by atoms with E-state index in [1.54, 1.807) is 54.6 Å². The van der Waals surface area contributed by atoms with Crippen LogP contribution in [0.2, 0.25) is 5.02 Å². The number of hydrogen-bond donors (Lipinski definition) is 2. The highest BCUT2D eigenvalue weighted by atomic mass is 35.5. The molecule has 2 N–H and O–H groups in total. The third kappa shape index (κ3) is 5.42. The van der Waals surface area contributed by atoms with Crippen LogP contribution in [0.15, 0.2) is 84.9 Å². The van der Waals surface area contributed by atoms with E-state index < -0.39 is 11.6 Å². The summed E-state index contributed by atoms with van der Waals surface area (Å²) in [6.07, 6.45) is 1.41. The molecule has 0 saturated carbocycles. The summed E-state index contributed by atoms with van der Waals surface area (Å²) in [5.41, 5.74) is -0.0205. The molecule has 3 saturated heterocycles. The lowest BCUT2D eigenvalue weighted by Crippen LogP contribution is -2.66. The number of carbonyl (C=O) groups excluding carboxylic acids is 2. The highest BCUT2D eigenvalue weighted by Gasteiger charge is 2.51. The average Bonchev–Trinajstić information content (AvgIpc) is 2.93. The fourth-order valence-electron chi connectivity index (χ4n) is 5.77. The molecule has 1 atom stereocenters. The van der Waals surface area contributed by atoms with Crippen LogP contribution in [0.5, 0.6) is 0 Å². The first-order chi connectivity index (χ1) is 17.9. The molecule has 0 aromatic heterocycles. The highest BCUT2D eigenvalue weighted by molar-refractivity contribution is 6.30. The molecule has 2 bridgehead atoms. The molecule has 3 heterocycles. The van der Waals surface area contributed by atoms with Crippen LogP contribution in [0.1, 0.15) is 29.5 Å². The van der Waals surface area contributed by atoms with Crippen LogP contribution in [0.3, 0.4) is 0 Å². The fraction of sp³-hybridized carbons (Fsp3) is 0.333. The molecule has 3 aliphatic rings. The van der Waals surface area contributed by atoms with Crippen LogP contribution < -0.4 is 5.32 Å². The Balaban J connectivity index is 1.29. The summed E-state index contributed by atoms with van der Waals surface area (Å²) in [5.74, 6) is -0.475. The number of esters is 1. The van der Waals surface area contributed by atoms with Crippen molar-refractivity contribution in [3.8, 4) is 0 Å². The standard InChI is InChI=1S/C30H31ClN2O4/c31-26-13-7-8-22(18-26)19-32-28(34)21-33-16-14-23(15-17-33)27(20-33)37-29(35)30(36,24-9-3-1-4-10-24)25-11-5-2-6-12-25/h1-13,18,23,27,36H,14-17,19-21H2/p+1. The van der Waals surface area contributed by atoms with Crippen molar-refractivity contribution in [3.05, 3.63) is 107 Å². The molecular formula is C30H32ClN2O4+. The minimum absolute atomic E-state index is 0.0320. The molecule has 3 aliphatic heterocycles. The van der Waals surface area contributed by atoms with Crippen LogP contribution in [0.4, 0.5) is 0 Å².